The van der Waals surface area contributed by atoms with Gasteiger partial charge in [-0.2, -0.15) is 0 Å². The van der Waals surface area contributed by atoms with Crippen molar-refractivity contribution in [2.45, 2.75) is 264 Å². The summed E-state index contributed by atoms with van der Waals surface area (Å²) < 4.78 is 39.6. The van der Waals surface area contributed by atoms with Crippen molar-refractivity contribution in [3.63, 3.8) is 0 Å². The molecule has 0 saturated carbocycles. The van der Waals surface area contributed by atoms with Crippen molar-refractivity contribution in [2.24, 2.45) is 0 Å². The Hall–Kier alpha value is -3.86. The van der Waals surface area contributed by atoms with Gasteiger partial charge in [-0.05, 0) is 122 Å². The van der Waals surface area contributed by atoms with Gasteiger partial charge in [0.15, 0.2) is 6.10 Å². The van der Waals surface area contributed by atoms with E-state index in [2.05, 4.69) is 130 Å². The quantitative estimate of drug-likeness (QED) is 0.0197. The van der Waals surface area contributed by atoms with Crippen LogP contribution >= 0.6 is 7.82 Å². The lowest BCUT2D eigenvalue weighted by molar-refractivity contribution is -0.161. The van der Waals surface area contributed by atoms with Crippen molar-refractivity contribution in [1.82, 2.24) is 0 Å². The molecule has 78 heavy (non-hydrogen) atoms. The average Bonchev–Trinajstić information content (AvgIpc) is 3.43. The number of carbonyl (C=O) groups is 3. The third-order valence-electron chi connectivity index (χ3n) is 12.7. The molecule has 0 aliphatic rings. The Kier molecular flexibility index (Phi) is 56.3. The second-order valence-corrected chi connectivity index (χ2v) is 21.6. The minimum Gasteiger partial charge on any atom is -0.462 e. The van der Waals surface area contributed by atoms with Crippen molar-refractivity contribution < 1.29 is 52.2 Å². The van der Waals surface area contributed by atoms with Gasteiger partial charge in [-0.15, -0.1) is 0 Å². The van der Waals surface area contributed by atoms with Crippen molar-refractivity contribution in [1.29, 1.82) is 0 Å². The topological polar surface area (TPSA) is 155 Å². The molecule has 0 fully saturated rings. The van der Waals surface area contributed by atoms with Gasteiger partial charge in [-0.25, -0.2) is 4.57 Å². The number of phosphoric acid groups is 1. The monoisotopic (exact) mass is 1110 g/mol. The molecule has 446 valence electrons. The molecule has 3 atom stereocenters. The molecule has 0 heterocycles. The summed E-state index contributed by atoms with van der Waals surface area (Å²) in [6, 6.07) is 0. The number of aliphatic hydroxyl groups excluding tert-OH is 1. The van der Waals surface area contributed by atoms with E-state index in [4.69, 9.17) is 23.3 Å². The Morgan fingerprint density at radius 3 is 1.04 bits per heavy atom. The fourth-order valence-corrected chi connectivity index (χ4v) is 8.82. The zero-order valence-electron chi connectivity index (χ0n) is 49.3. The maximum absolute atomic E-state index is 12.9. The number of aliphatic hydroxyl groups is 1. The third-order valence-corrected chi connectivity index (χ3v) is 13.6. The summed E-state index contributed by atoms with van der Waals surface area (Å²) in [7, 11) is -4.77. The van der Waals surface area contributed by atoms with Crippen LogP contribution in [0.25, 0.3) is 0 Å². The molecule has 0 aromatic carbocycles. The molecule has 0 aromatic rings. The fourth-order valence-electron chi connectivity index (χ4n) is 8.04. The molecule has 3 unspecified atom stereocenters. The van der Waals surface area contributed by atoms with Gasteiger partial charge in [0.2, 0.25) is 0 Å². The summed E-state index contributed by atoms with van der Waals surface area (Å²) in [5, 5.41) is 9.84. The SMILES string of the molecule is CC/C=C\C/C=C\C/C=C\C/C=C\CCCCCCCCC(=O)OC(CO)COP(=O)(O)OCC(COC(=O)CCCCCCC/C=C\CCCCCC)OC(=O)CCCCCCCC/C=C\C/C=C\C/C=C\C/C=C\CC. The van der Waals surface area contributed by atoms with E-state index in [1.807, 2.05) is 0 Å². The van der Waals surface area contributed by atoms with E-state index in [0.29, 0.717) is 19.3 Å². The zero-order valence-corrected chi connectivity index (χ0v) is 50.2. The summed E-state index contributed by atoms with van der Waals surface area (Å²) >= 11 is 0. The molecule has 0 aliphatic carbocycles. The van der Waals surface area contributed by atoms with Crippen LogP contribution in [0.4, 0.5) is 0 Å². The first-order valence-electron chi connectivity index (χ1n) is 30.8. The molecule has 0 aliphatic heterocycles. The Balaban J connectivity index is 4.73. The second-order valence-electron chi connectivity index (χ2n) is 20.1. The summed E-state index contributed by atoms with van der Waals surface area (Å²) in [6.07, 6.45) is 71.8. The number of allylic oxidation sites excluding steroid dienone is 18. The number of esters is 3. The maximum Gasteiger partial charge on any atom is 0.472 e. The highest BCUT2D eigenvalue weighted by Crippen LogP contribution is 2.43. The van der Waals surface area contributed by atoms with Crippen LogP contribution in [0.3, 0.4) is 0 Å². The van der Waals surface area contributed by atoms with Gasteiger partial charge in [0.1, 0.15) is 12.7 Å². The molecular formula is C66H111O11P. The van der Waals surface area contributed by atoms with Crippen LogP contribution < -0.4 is 0 Å². The van der Waals surface area contributed by atoms with Gasteiger partial charge >= 0.3 is 25.7 Å². The third kappa shape index (κ3) is 56.8. The number of carbonyl (C=O) groups excluding carboxylic acids is 3. The highest BCUT2D eigenvalue weighted by Gasteiger charge is 2.28. The van der Waals surface area contributed by atoms with Crippen molar-refractivity contribution in [3.8, 4) is 0 Å². The molecule has 0 rings (SSSR count). The van der Waals surface area contributed by atoms with Crippen molar-refractivity contribution in [2.75, 3.05) is 26.4 Å². The van der Waals surface area contributed by atoms with Crippen LogP contribution in [-0.4, -0.2) is 66.5 Å². The van der Waals surface area contributed by atoms with Crippen LogP contribution in [0.2, 0.25) is 0 Å². The molecule has 12 heteroatoms. The normalized spacial score (nSPS) is 14.1. The zero-order chi connectivity index (χ0) is 56.9. The van der Waals surface area contributed by atoms with E-state index in [1.165, 1.54) is 25.7 Å². The highest BCUT2D eigenvalue weighted by atomic mass is 31.2. The lowest BCUT2D eigenvalue weighted by Crippen LogP contribution is -2.30. The Labute approximate surface area is 475 Å². The van der Waals surface area contributed by atoms with Crippen LogP contribution in [-0.2, 0) is 42.2 Å². The van der Waals surface area contributed by atoms with Crippen LogP contribution in [0.1, 0.15) is 252 Å². The van der Waals surface area contributed by atoms with Gasteiger partial charge < -0.3 is 24.2 Å². The van der Waals surface area contributed by atoms with Crippen LogP contribution in [0.15, 0.2) is 109 Å². The molecule has 11 nitrogen and oxygen atoms in total. The smallest absolute Gasteiger partial charge is 0.462 e. The summed E-state index contributed by atoms with van der Waals surface area (Å²) in [6.45, 7) is 4.37. The van der Waals surface area contributed by atoms with Crippen LogP contribution in [0.5, 0.6) is 0 Å². The van der Waals surface area contributed by atoms with E-state index >= 15 is 0 Å². The molecule has 2 N–H and O–H groups in total. The number of unbranched alkanes of at least 4 members (excludes halogenated alkanes) is 21. The van der Waals surface area contributed by atoms with E-state index in [9.17, 15) is 28.9 Å². The summed E-state index contributed by atoms with van der Waals surface area (Å²) in [5.74, 6) is -1.51. The predicted octanol–water partition coefficient (Wildman–Crippen LogP) is 18.6. The Bertz CT molecular complexity index is 1720. The van der Waals surface area contributed by atoms with E-state index in [0.717, 1.165) is 167 Å². The summed E-state index contributed by atoms with van der Waals surface area (Å²) in [4.78, 5) is 48.7. The largest absolute Gasteiger partial charge is 0.472 e. The van der Waals surface area contributed by atoms with E-state index in [-0.39, 0.29) is 25.9 Å². The van der Waals surface area contributed by atoms with E-state index in [1.54, 1.807) is 0 Å². The average molecular weight is 1110 g/mol. The number of rotatable bonds is 56. The highest BCUT2D eigenvalue weighted by molar-refractivity contribution is 7.47. The standard InChI is InChI=1S/C66H111O11P/c1-4-7-10-13-16-19-22-25-27-29-31-33-35-38-41-44-47-50-53-56-65(69)76-62(58-67)60-74-78(71,72)75-61-63(59-73-64(68)55-52-49-46-43-40-37-24-21-18-15-12-9-6-3)77-66(70)57-54-51-48-45-42-39-36-34-32-30-28-26-23-20-17-14-11-8-5-2/h7-8,10-11,16-17,19-21,24-28,31-34,62-63,67H,4-6,9,12-15,18,22-23,29-30,35-61H2,1-3H3,(H,71,72)/b10-7-,11-8-,19-16-,20-17-,24-21-,27-25-,28-26-,33-31-,34-32-. The van der Waals surface area contributed by atoms with Gasteiger partial charge in [0.05, 0.1) is 19.8 Å². The number of hydrogen-bond acceptors (Lipinski definition) is 10. The number of hydrogen-bond donors (Lipinski definition) is 2. The first kappa shape index (κ1) is 74.1. The molecule has 0 aromatic heterocycles. The number of ether oxygens (including phenoxy) is 3. The predicted molar refractivity (Wildman–Crippen MR) is 325 cm³/mol. The molecule has 0 saturated heterocycles. The molecular weight excluding hydrogens is 1000 g/mol. The van der Waals surface area contributed by atoms with Gasteiger partial charge in [-0.1, -0.05) is 220 Å². The van der Waals surface area contributed by atoms with Crippen molar-refractivity contribution >= 4 is 25.7 Å². The number of phosphoric ester groups is 1. The molecule has 0 spiro atoms. The summed E-state index contributed by atoms with van der Waals surface area (Å²) in [5.41, 5.74) is 0. The van der Waals surface area contributed by atoms with Gasteiger partial charge in [0.25, 0.3) is 0 Å². The molecule has 0 radical (unpaired) electrons. The maximum atomic E-state index is 12.9. The molecule has 0 bridgehead atoms. The minimum absolute atomic E-state index is 0.144. The first-order valence-corrected chi connectivity index (χ1v) is 32.3. The van der Waals surface area contributed by atoms with Crippen molar-refractivity contribution in [3.05, 3.63) is 109 Å². The fraction of sp³-hybridized carbons (Fsp3) is 0.682. The minimum atomic E-state index is -4.77. The second kappa shape index (κ2) is 59.3. The lowest BCUT2D eigenvalue weighted by atomic mass is 10.1. The van der Waals surface area contributed by atoms with E-state index < -0.39 is 57.8 Å². The van der Waals surface area contributed by atoms with Crippen LogP contribution in [0, 0.1) is 0 Å². The van der Waals surface area contributed by atoms with Gasteiger partial charge in [-0.3, -0.25) is 23.4 Å². The van der Waals surface area contributed by atoms with Gasteiger partial charge in [0, 0.05) is 19.3 Å². The Morgan fingerprint density at radius 2 is 0.667 bits per heavy atom. The first-order chi connectivity index (χ1) is 38.2. The Morgan fingerprint density at radius 1 is 0.372 bits per heavy atom. The molecule has 0 amide bonds. The lowest BCUT2D eigenvalue weighted by Gasteiger charge is -2.21.